The first-order valence-corrected chi connectivity index (χ1v) is 6.24. The molecule has 0 bridgehead atoms. The second-order valence-corrected chi connectivity index (χ2v) is 5.03. The van der Waals surface area contributed by atoms with E-state index in [-0.39, 0.29) is 17.4 Å². The Morgan fingerprint density at radius 1 is 1.50 bits per heavy atom. The third-order valence-corrected chi connectivity index (χ3v) is 3.62. The maximum atomic E-state index is 11.8. The van der Waals surface area contributed by atoms with Crippen LogP contribution in [0, 0.1) is 5.41 Å². The smallest absolute Gasteiger partial charge is 0.221 e. The molecule has 0 aromatic carbocycles. The highest BCUT2D eigenvalue weighted by Gasteiger charge is 2.32. The monoisotopic (exact) mass is 224 g/mol. The van der Waals surface area contributed by atoms with E-state index in [1.54, 1.807) is 6.08 Å². The SMILES string of the molecule is C=CC(C)NC(=O)CC1(CN)CCCCC1. The summed E-state index contributed by atoms with van der Waals surface area (Å²) in [4.78, 5) is 11.8. The lowest BCUT2D eigenvalue weighted by Gasteiger charge is -2.35. The second kappa shape index (κ2) is 6.04. The van der Waals surface area contributed by atoms with Crippen molar-refractivity contribution in [3.05, 3.63) is 12.7 Å². The summed E-state index contributed by atoms with van der Waals surface area (Å²) in [5.74, 6) is 0.111. The molecule has 1 rings (SSSR count). The topological polar surface area (TPSA) is 55.1 Å². The van der Waals surface area contributed by atoms with Crippen LogP contribution in [0.4, 0.5) is 0 Å². The number of hydrogen-bond donors (Lipinski definition) is 2. The molecule has 0 aromatic heterocycles. The van der Waals surface area contributed by atoms with Crippen molar-refractivity contribution in [2.45, 2.75) is 51.5 Å². The minimum atomic E-state index is 0.0471. The molecule has 3 N–H and O–H groups in total. The zero-order valence-corrected chi connectivity index (χ0v) is 10.3. The molecule has 16 heavy (non-hydrogen) atoms. The summed E-state index contributed by atoms with van der Waals surface area (Å²) in [6.45, 7) is 6.22. The number of carbonyl (C=O) groups excluding carboxylic acids is 1. The zero-order chi connectivity index (χ0) is 12.0. The van der Waals surface area contributed by atoms with Crippen LogP contribution in [0.2, 0.25) is 0 Å². The molecule has 1 atom stereocenters. The summed E-state index contributed by atoms with van der Waals surface area (Å²) in [6.07, 6.45) is 8.21. The molecule has 0 aromatic rings. The Kier molecular flexibility index (Phi) is 5.00. The van der Waals surface area contributed by atoms with E-state index in [2.05, 4.69) is 11.9 Å². The molecule has 3 heteroatoms. The Bertz CT molecular complexity index is 244. The van der Waals surface area contributed by atoms with Crippen molar-refractivity contribution < 1.29 is 4.79 Å². The Labute approximate surface area is 98.5 Å². The van der Waals surface area contributed by atoms with Gasteiger partial charge in [0, 0.05) is 12.5 Å². The van der Waals surface area contributed by atoms with Crippen LogP contribution in [0.5, 0.6) is 0 Å². The molecule has 1 fully saturated rings. The average Bonchev–Trinajstić information content (AvgIpc) is 2.29. The first kappa shape index (κ1) is 13.2. The van der Waals surface area contributed by atoms with Crippen molar-refractivity contribution in [3.63, 3.8) is 0 Å². The molecule has 0 heterocycles. The van der Waals surface area contributed by atoms with Crippen LogP contribution in [0.15, 0.2) is 12.7 Å². The van der Waals surface area contributed by atoms with Crippen LogP contribution in [0.1, 0.15) is 45.4 Å². The third kappa shape index (κ3) is 3.63. The standard InChI is InChI=1S/C13H24N2O/c1-3-11(2)15-12(16)9-13(10-14)7-5-4-6-8-13/h3,11H,1,4-10,14H2,2H3,(H,15,16). The Morgan fingerprint density at radius 3 is 2.62 bits per heavy atom. The summed E-state index contributed by atoms with van der Waals surface area (Å²) in [6, 6.07) is 0.0471. The summed E-state index contributed by atoms with van der Waals surface area (Å²) >= 11 is 0. The lowest BCUT2D eigenvalue weighted by Crippen LogP contribution is -2.40. The number of nitrogens with two attached hydrogens (primary N) is 1. The van der Waals surface area contributed by atoms with E-state index in [1.165, 1.54) is 19.3 Å². The molecule has 3 nitrogen and oxygen atoms in total. The van der Waals surface area contributed by atoms with Crippen molar-refractivity contribution in [1.29, 1.82) is 0 Å². The molecule has 1 saturated carbocycles. The number of carbonyl (C=O) groups is 1. The van der Waals surface area contributed by atoms with Crippen molar-refractivity contribution in [2.75, 3.05) is 6.54 Å². The minimum Gasteiger partial charge on any atom is -0.350 e. The molecule has 0 saturated heterocycles. The zero-order valence-electron chi connectivity index (χ0n) is 10.3. The lowest BCUT2D eigenvalue weighted by molar-refractivity contribution is -0.124. The highest BCUT2D eigenvalue weighted by Crippen LogP contribution is 2.38. The quantitative estimate of drug-likeness (QED) is 0.702. The predicted octanol–water partition coefficient (Wildman–Crippen LogP) is 1.98. The lowest BCUT2D eigenvalue weighted by atomic mass is 9.71. The molecule has 1 aliphatic rings. The third-order valence-electron chi connectivity index (χ3n) is 3.62. The molecule has 0 aliphatic heterocycles. The Balaban J connectivity index is 2.48. The Hall–Kier alpha value is -0.830. The van der Waals surface area contributed by atoms with Gasteiger partial charge in [-0.2, -0.15) is 0 Å². The van der Waals surface area contributed by atoms with E-state index >= 15 is 0 Å². The van der Waals surface area contributed by atoms with Gasteiger partial charge in [0.05, 0.1) is 0 Å². The van der Waals surface area contributed by atoms with Crippen LogP contribution >= 0.6 is 0 Å². The highest BCUT2D eigenvalue weighted by atomic mass is 16.1. The summed E-state index contributed by atoms with van der Waals surface area (Å²) in [5, 5.41) is 2.92. The predicted molar refractivity (Wildman–Crippen MR) is 67.0 cm³/mol. The fraction of sp³-hybridized carbons (Fsp3) is 0.769. The van der Waals surface area contributed by atoms with Gasteiger partial charge in [0.15, 0.2) is 0 Å². The first-order chi connectivity index (χ1) is 7.62. The van der Waals surface area contributed by atoms with E-state index in [0.29, 0.717) is 13.0 Å². The van der Waals surface area contributed by atoms with E-state index in [1.807, 2.05) is 6.92 Å². The van der Waals surface area contributed by atoms with Crippen molar-refractivity contribution >= 4 is 5.91 Å². The van der Waals surface area contributed by atoms with Crippen molar-refractivity contribution in [3.8, 4) is 0 Å². The number of nitrogens with one attached hydrogen (secondary N) is 1. The van der Waals surface area contributed by atoms with Crippen LogP contribution in [0.25, 0.3) is 0 Å². The number of amides is 1. The summed E-state index contributed by atoms with van der Waals surface area (Å²) in [5.41, 5.74) is 5.91. The fourth-order valence-electron chi connectivity index (χ4n) is 2.46. The van der Waals surface area contributed by atoms with E-state index in [4.69, 9.17) is 5.73 Å². The van der Waals surface area contributed by atoms with Gasteiger partial charge in [-0.3, -0.25) is 4.79 Å². The van der Waals surface area contributed by atoms with Crippen LogP contribution < -0.4 is 11.1 Å². The van der Waals surface area contributed by atoms with Crippen LogP contribution in [-0.4, -0.2) is 18.5 Å². The van der Waals surface area contributed by atoms with E-state index < -0.39 is 0 Å². The molecule has 1 unspecified atom stereocenters. The maximum Gasteiger partial charge on any atom is 0.221 e. The van der Waals surface area contributed by atoms with Crippen molar-refractivity contribution in [2.24, 2.45) is 11.1 Å². The van der Waals surface area contributed by atoms with Gasteiger partial charge >= 0.3 is 0 Å². The molecule has 1 aliphatic carbocycles. The number of hydrogen-bond acceptors (Lipinski definition) is 2. The van der Waals surface area contributed by atoms with E-state index in [9.17, 15) is 4.79 Å². The van der Waals surface area contributed by atoms with Gasteiger partial charge in [0.2, 0.25) is 5.91 Å². The maximum absolute atomic E-state index is 11.8. The minimum absolute atomic E-state index is 0.0471. The molecule has 0 spiro atoms. The van der Waals surface area contributed by atoms with Crippen LogP contribution in [-0.2, 0) is 4.79 Å². The first-order valence-electron chi connectivity index (χ1n) is 6.24. The normalized spacial score (nSPS) is 21.1. The second-order valence-electron chi connectivity index (χ2n) is 5.03. The van der Waals surface area contributed by atoms with Gasteiger partial charge < -0.3 is 11.1 Å². The fourth-order valence-corrected chi connectivity index (χ4v) is 2.46. The average molecular weight is 224 g/mol. The van der Waals surface area contributed by atoms with Gasteiger partial charge in [-0.15, -0.1) is 6.58 Å². The molecule has 1 amide bonds. The van der Waals surface area contributed by atoms with Gasteiger partial charge in [-0.25, -0.2) is 0 Å². The summed E-state index contributed by atoms with van der Waals surface area (Å²) in [7, 11) is 0. The molecular weight excluding hydrogens is 200 g/mol. The Morgan fingerprint density at radius 2 is 2.12 bits per heavy atom. The highest BCUT2D eigenvalue weighted by molar-refractivity contribution is 5.77. The van der Waals surface area contributed by atoms with Gasteiger partial charge in [-0.1, -0.05) is 25.3 Å². The molecular formula is C13H24N2O. The van der Waals surface area contributed by atoms with Crippen molar-refractivity contribution in [1.82, 2.24) is 5.32 Å². The molecule has 92 valence electrons. The molecule has 0 radical (unpaired) electrons. The van der Waals surface area contributed by atoms with Gasteiger partial charge in [0.1, 0.15) is 0 Å². The largest absolute Gasteiger partial charge is 0.350 e. The van der Waals surface area contributed by atoms with Crippen LogP contribution in [0.3, 0.4) is 0 Å². The van der Waals surface area contributed by atoms with Gasteiger partial charge in [0.25, 0.3) is 0 Å². The number of rotatable bonds is 5. The van der Waals surface area contributed by atoms with E-state index in [0.717, 1.165) is 12.8 Å². The summed E-state index contributed by atoms with van der Waals surface area (Å²) < 4.78 is 0. The van der Waals surface area contributed by atoms with Gasteiger partial charge in [-0.05, 0) is 31.7 Å².